The molecule has 0 fully saturated rings. The van der Waals surface area contributed by atoms with Gasteiger partial charge in [-0.3, -0.25) is 0 Å². The number of methoxy groups -OCH3 is 1. The van der Waals surface area contributed by atoms with Crippen LogP contribution in [0.4, 0.5) is 8.78 Å². The quantitative estimate of drug-likeness (QED) is 0.668. The predicted molar refractivity (Wildman–Crippen MR) is 79.5 cm³/mol. The molecule has 0 aromatic heterocycles. The molecule has 0 radical (unpaired) electrons. The monoisotopic (exact) mass is 360 g/mol. The number of benzene rings is 2. The third-order valence-electron chi connectivity index (χ3n) is 2.96. The zero-order valence-electron chi connectivity index (χ0n) is 10.9. The minimum Gasteiger partial charge on any atom is -0.496 e. The van der Waals surface area contributed by atoms with Crippen LogP contribution in [0.1, 0.15) is 22.1 Å². The molecule has 106 valence electrons. The maximum atomic E-state index is 13.3. The highest BCUT2D eigenvalue weighted by atomic mass is 79.9. The molecule has 2 rings (SSSR count). The first-order valence-corrected chi connectivity index (χ1v) is 7.09. The van der Waals surface area contributed by atoms with Gasteiger partial charge >= 0.3 is 0 Å². The number of rotatable bonds is 3. The fraction of sp³-hybridized carbons (Fsp3) is 0.200. The number of hydrogen-bond donors (Lipinski definition) is 0. The maximum absolute atomic E-state index is 13.3. The molecule has 0 bridgehead atoms. The van der Waals surface area contributed by atoms with Crippen LogP contribution in [-0.4, -0.2) is 7.11 Å². The van der Waals surface area contributed by atoms with E-state index in [2.05, 4.69) is 15.9 Å². The summed E-state index contributed by atoms with van der Waals surface area (Å²) in [5.74, 6) is -0.734. The zero-order chi connectivity index (χ0) is 14.9. The molecule has 1 nitrogen and oxygen atoms in total. The second kappa shape index (κ2) is 6.10. The number of halogens is 4. The third-order valence-corrected chi connectivity index (χ3v) is 4.30. The van der Waals surface area contributed by atoms with Gasteiger partial charge in [0.2, 0.25) is 0 Å². The fourth-order valence-electron chi connectivity index (χ4n) is 1.95. The molecule has 0 aliphatic carbocycles. The van der Waals surface area contributed by atoms with E-state index in [0.29, 0.717) is 16.9 Å². The van der Waals surface area contributed by atoms with E-state index in [0.717, 1.165) is 16.1 Å². The summed E-state index contributed by atoms with van der Waals surface area (Å²) in [4.78, 5) is 0. The average Bonchev–Trinajstić information content (AvgIpc) is 2.39. The fourth-order valence-corrected chi connectivity index (χ4v) is 2.60. The Morgan fingerprint density at radius 1 is 1.10 bits per heavy atom. The molecule has 0 saturated heterocycles. The summed E-state index contributed by atoms with van der Waals surface area (Å²) < 4.78 is 32.7. The lowest BCUT2D eigenvalue weighted by Gasteiger charge is -2.16. The summed E-state index contributed by atoms with van der Waals surface area (Å²) in [5.41, 5.74) is 1.98. The van der Waals surface area contributed by atoms with Gasteiger partial charge in [0.25, 0.3) is 0 Å². The van der Waals surface area contributed by atoms with Crippen LogP contribution in [0.3, 0.4) is 0 Å². The first-order valence-electron chi connectivity index (χ1n) is 5.86. The van der Waals surface area contributed by atoms with Crippen LogP contribution in [0.2, 0.25) is 0 Å². The maximum Gasteiger partial charge on any atom is 0.126 e. The van der Waals surface area contributed by atoms with Crippen molar-refractivity contribution in [3.63, 3.8) is 0 Å². The smallest absolute Gasteiger partial charge is 0.126 e. The number of alkyl halides is 1. The van der Waals surface area contributed by atoms with Gasteiger partial charge in [-0.15, -0.1) is 11.6 Å². The first kappa shape index (κ1) is 15.3. The average molecular weight is 362 g/mol. The van der Waals surface area contributed by atoms with Gasteiger partial charge < -0.3 is 4.74 Å². The summed E-state index contributed by atoms with van der Waals surface area (Å²) in [7, 11) is 1.53. The van der Waals surface area contributed by atoms with E-state index < -0.39 is 17.0 Å². The minimum atomic E-state index is -0.702. The summed E-state index contributed by atoms with van der Waals surface area (Å²) in [6.07, 6.45) is 0. The highest BCUT2D eigenvalue weighted by molar-refractivity contribution is 9.10. The molecule has 0 N–H and O–H groups in total. The normalized spacial score (nSPS) is 12.3. The number of aryl methyl sites for hydroxylation is 1. The third kappa shape index (κ3) is 3.13. The summed E-state index contributed by atoms with van der Waals surface area (Å²) in [6, 6.07) is 6.87. The molecule has 1 atom stereocenters. The van der Waals surface area contributed by atoms with Crippen LogP contribution in [0, 0.1) is 18.6 Å². The van der Waals surface area contributed by atoms with Crippen molar-refractivity contribution in [3.8, 4) is 5.75 Å². The standard InChI is InChI=1S/C15H12BrClF2O/c1-8-3-14(20-2)12(7-13(8)16)15(17)9-4-10(18)6-11(19)5-9/h3-7,15H,1-2H3. The van der Waals surface area contributed by atoms with Gasteiger partial charge in [0.05, 0.1) is 12.5 Å². The Balaban J connectivity index is 2.52. The Morgan fingerprint density at radius 3 is 2.25 bits per heavy atom. The van der Waals surface area contributed by atoms with E-state index in [1.165, 1.54) is 19.2 Å². The summed E-state index contributed by atoms with van der Waals surface area (Å²) >= 11 is 9.77. The number of ether oxygens (including phenoxy) is 1. The molecule has 2 aromatic carbocycles. The second-order valence-corrected chi connectivity index (χ2v) is 5.70. The molecule has 1 unspecified atom stereocenters. The Hall–Kier alpha value is -1.13. The first-order chi connectivity index (χ1) is 9.42. The van der Waals surface area contributed by atoms with Crippen molar-refractivity contribution in [1.29, 1.82) is 0 Å². The van der Waals surface area contributed by atoms with Crippen molar-refractivity contribution in [1.82, 2.24) is 0 Å². The van der Waals surface area contributed by atoms with Crippen LogP contribution < -0.4 is 4.74 Å². The van der Waals surface area contributed by atoms with Gasteiger partial charge in [-0.1, -0.05) is 15.9 Å². The van der Waals surface area contributed by atoms with Crippen LogP contribution in [0.5, 0.6) is 5.75 Å². The lowest BCUT2D eigenvalue weighted by Crippen LogP contribution is -2.00. The van der Waals surface area contributed by atoms with Crippen molar-refractivity contribution >= 4 is 27.5 Å². The molecule has 5 heteroatoms. The van der Waals surface area contributed by atoms with E-state index >= 15 is 0 Å². The van der Waals surface area contributed by atoms with E-state index in [1.807, 2.05) is 13.0 Å². The van der Waals surface area contributed by atoms with Crippen LogP contribution in [0.15, 0.2) is 34.8 Å². The molecule has 0 aliphatic rings. The highest BCUT2D eigenvalue weighted by Gasteiger charge is 2.18. The van der Waals surface area contributed by atoms with E-state index in [-0.39, 0.29) is 0 Å². The molecule has 0 spiro atoms. The van der Waals surface area contributed by atoms with Gasteiger partial charge in [0.1, 0.15) is 17.4 Å². The topological polar surface area (TPSA) is 9.23 Å². The van der Waals surface area contributed by atoms with Crippen LogP contribution in [0.25, 0.3) is 0 Å². The van der Waals surface area contributed by atoms with Crippen molar-refractivity contribution in [2.45, 2.75) is 12.3 Å². The Morgan fingerprint density at radius 2 is 1.70 bits per heavy atom. The predicted octanol–water partition coefficient (Wildman–Crippen LogP) is 5.37. The van der Waals surface area contributed by atoms with Crippen molar-refractivity contribution < 1.29 is 13.5 Å². The van der Waals surface area contributed by atoms with E-state index in [9.17, 15) is 8.78 Å². The number of hydrogen-bond acceptors (Lipinski definition) is 1. The van der Waals surface area contributed by atoms with Crippen molar-refractivity contribution in [2.75, 3.05) is 7.11 Å². The van der Waals surface area contributed by atoms with Crippen molar-refractivity contribution in [3.05, 3.63) is 63.1 Å². The van der Waals surface area contributed by atoms with E-state index in [1.54, 1.807) is 6.07 Å². The van der Waals surface area contributed by atoms with Gasteiger partial charge in [-0.05, 0) is 42.3 Å². The van der Waals surface area contributed by atoms with Gasteiger partial charge in [-0.2, -0.15) is 0 Å². The molecular formula is C15H12BrClF2O. The second-order valence-electron chi connectivity index (χ2n) is 4.41. The molecule has 0 saturated carbocycles. The van der Waals surface area contributed by atoms with Crippen LogP contribution in [-0.2, 0) is 0 Å². The summed E-state index contributed by atoms with van der Waals surface area (Å²) in [5, 5.41) is -0.702. The molecule has 2 aromatic rings. The van der Waals surface area contributed by atoms with E-state index in [4.69, 9.17) is 16.3 Å². The molecule has 0 heterocycles. The Kier molecular flexibility index (Phi) is 4.66. The van der Waals surface area contributed by atoms with Gasteiger partial charge in [0, 0.05) is 16.1 Å². The lowest BCUT2D eigenvalue weighted by atomic mass is 10.0. The molecular weight excluding hydrogens is 350 g/mol. The van der Waals surface area contributed by atoms with Crippen LogP contribution >= 0.6 is 27.5 Å². The zero-order valence-corrected chi connectivity index (χ0v) is 13.2. The SMILES string of the molecule is COc1cc(C)c(Br)cc1C(Cl)c1cc(F)cc(F)c1. The minimum absolute atomic E-state index is 0.346. The Labute approximate surface area is 129 Å². The largest absolute Gasteiger partial charge is 0.496 e. The molecule has 0 aliphatic heterocycles. The van der Waals surface area contributed by atoms with Crippen molar-refractivity contribution in [2.24, 2.45) is 0 Å². The molecule has 0 amide bonds. The van der Waals surface area contributed by atoms with Gasteiger partial charge in [-0.25, -0.2) is 8.78 Å². The van der Waals surface area contributed by atoms with Gasteiger partial charge in [0.15, 0.2) is 0 Å². The Bertz CT molecular complexity index is 626. The summed E-state index contributed by atoms with van der Waals surface area (Å²) in [6.45, 7) is 1.92. The molecule has 20 heavy (non-hydrogen) atoms. The highest BCUT2D eigenvalue weighted by Crippen LogP contribution is 2.38. The lowest BCUT2D eigenvalue weighted by molar-refractivity contribution is 0.409.